The summed E-state index contributed by atoms with van der Waals surface area (Å²) in [6.45, 7) is 0.262. The third kappa shape index (κ3) is 4.96. The van der Waals surface area contributed by atoms with Crippen molar-refractivity contribution < 1.29 is 18.6 Å². The van der Waals surface area contributed by atoms with Crippen LogP contribution in [0.15, 0.2) is 61.1 Å². The van der Waals surface area contributed by atoms with Crippen LogP contribution in [-0.2, 0) is 6.54 Å². The van der Waals surface area contributed by atoms with Gasteiger partial charge < -0.3 is 24.8 Å². The van der Waals surface area contributed by atoms with Crippen molar-refractivity contribution in [2.45, 2.75) is 6.54 Å². The number of aromatic nitrogens is 4. The summed E-state index contributed by atoms with van der Waals surface area (Å²) < 4.78 is 30.2. The first-order valence-corrected chi connectivity index (χ1v) is 10.3. The summed E-state index contributed by atoms with van der Waals surface area (Å²) in [6.07, 6.45) is 3.04. The van der Waals surface area contributed by atoms with Gasteiger partial charge in [-0.3, -0.25) is 0 Å². The number of benzene rings is 2. The fourth-order valence-electron chi connectivity index (χ4n) is 3.32. The Morgan fingerprint density at radius 3 is 2.35 bits per heavy atom. The molecule has 0 radical (unpaired) electrons. The minimum atomic E-state index is -0.288. The average Bonchev–Trinajstić information content (AvgIpc) is 2.88. The Labute approximate surface area is 196 Å². The fourth-order valence-corrected chi connectivity index (χ4v) is 3.32. The number of nitrogens with zero attached hydrogens (tertiary/aromatic N) is 4. The lowest BCUT2D eigenvalue weighted by atomic mass is 10.2. The van der Waals surface area contributed by atoms with Gasteiger partial charge in [-0.15, -0.1) is 0 Å². The zero-order chi connectivity index (χ0) is 23.9. The van der Waals surface area contributed by atoms with E-state index in [1.807, 2.05) is 6.07 Å². The smallest absolute Gasteiger partial charge is 0.230 e. The van der Waals surface area contributed by atoms with Gasteiger partial charge in [-0.05, 0) is 18.2 Å². The van der Waals surface area contributed by atoms with Crippen molar-refractivity contribution in [3.63, 3.8) is 0 Å². The average molecular weight is 462 g/mol. The Morgan fingerprint density at radius 1 is 0.882 bits per heavy atom. The van der Waals surface area contributed by atoms with Gasteiger partial charge in [0.2, 0.25) is 11.7 Å². The van der Waals surface area contributed by atoms with Gasteiger partial charge in [-0.2, -0.15) is 4.98 Å². The number of anilines is 3. The largest absolute Gasteiger partial charge is 0.493 e. The van der Waals surface area contributed by atoms with Gasteiger partial charge in [-0.25, -0.2) is 19.3 Å². The van der Waals surface area contributed by atoms with Gasteiger partial charge in [0.25, 0.3) is 0 Å². The molecule has 9 nitrogen and oxygen atoms in total. The number of rotatable bonds is 9. The van der Waals surface area contributed by atoms with Gasteiger partial charge in [0.05, 0.1) is 26.9 Å². The first-order valence-electron chi connectivity index (χ1n) is 10.3. The number of methoxy groups -OCH3 is 3. The molecular weight excluding hydrogens is 439 g/mol. The highest BCUT2D eigenvalue weighted by molar-refractivity contribution is 5.71. The number of nitrogens with one attached hydrogen (secondary N) is 2. The lowest BCUT2D eigenvalue weighted by Gasteiger charge is -2.15. The van der Waals surface area contributed by atoms with Crippen LogP contribution in [0.3, 0.4) is 0 Å². The van der Waals surface area contributed by atoms with Gasteiger partial charge in [0, 0.05) is 36.1 Å². The van der Waals surface area contributed by atoms with Crippen LogP contribution in [0.4, 0.5) is 21.8 Å². The fraction of sp³-hybridized carbons (Fsp3) is 0.167. The van der Waals surface area contributed by atoms with Gasteiger partial charge in [-0.1, -0.05) is 18.2 Å². The molecule has 0 aliphatic rings. The second kappa shape index (κ2) is 10.4. The molecule has 0 atom stereocenters. The van der Waals surface area contributed by atoms with Crippen molar-refractivity contribution >= 4 is 17.5 Å². The first kappa shape index (κ1) is 22.7. The summed E-state index contributed by atoms with van der Waals surface area (Å²) in [4.78, 5) is 17.4. The number of hydrogen-bond donors (Lipinski definition) is 2. The van der Waals surface area contributed by atoms with Crippen LogP contribution >= 0.6 is 0 Å². The summed E-state index contributed by atoms with van der Waals surface area (Å²) in [5.74, 6) is 2.40. The van der Waals surface area contributed by atoms with E-state index >= 15 is 0 Å². The molecule has 0 spiro atoms. The van der Waals surface area contributed by atoms with E-state index in [2.05, 4.69) is 30.6 Å². The van der Waals surface area contributed by atoms with Gasteiger partial charge >= 0.3 is 0 Å². The number of ether oxygens (including phenoxy) is 3. The predicted molar refractivity (Wildman–Crippen MR) is 126 cm³/mol. The Hall–Kier alpha value is -4.47. The summed E-state index contributed by atoms with van der Waals surface area (Å²) in [5.41, 5.74) is 1.81. The Kier molecular flexibility index (Phi) is 6.97. The number of halogens is 1. The summed E-state index contributed by atoms with van der Waals surface area (Å²) in [5, 5.41) is 6.29. The Bertz CT molecular complexity index is 1260. The molecule has 0 aliphatic carbocycles. The van der Waals surface area contributed by atoms with E-state index in [1.165, 1.54) is 19.5 Å². The molecule has 0 bridgehead atoms. The van der Waals surface area contributed by atoms with E-state index in [1.54, 1.807) is 56.8 Å². The molecule has 4 rings (SSSR count). The predicted octanol–water partition coefficient (Wildman–Crippen LogP) is 4.45. The molecule has 0 amide bonds. The maximum absolute atomic E-state index is 14.0. The van der Waals surface area contributed by atoms with E-state index in [0.29, 0.717) is 51.7 Å². The molecule has 2 aromatic carbocycles. The van der Waals surface area contributed by atoms with E-state index in [0.717, 1.165) is 0 Å². The molecule has 2 heterocycles. The Balaban J connectivity index is 1.60. The van der Waals surface area contributed by atoms with Crippen LogP contribution in [0.5, 0.6) is 17.2 Å². The van der Waals surface area contributed by atoms with E-state index < -0.39 is 0 Å². The third-order valence-electron chi connectivity index (χ3n) is 4.95. The molecule has 2 N–H and O–H groups in total. The molecule has 2 aromatic heterocycles. The zero-order valence-electron chi connectivity index (χ0n) is 18.9. The van der Waals surface area contributed by atoms with Crippen LogP contribution < -0.4 is 24.8 Å². The van der Waals surface area contributed by atoms with Crippen LogP contribution in [0.2, 0.25) is 0 Å². The lowest BCUT2D eigenvalue weighted by Crippen LogP contribution is -2.06. The second-order valence-corrected chi connectivity index (χ2v) is 7.02. The SMILES string of the molecule is COc1cc(Nc2ncnc(-c3cccnc3NCc3ccccc3F)n2)cc(OC)c1OC. The molecular formula is C24H23FN6O3. The van der Waals surface area contributed by atoms with Crippen molar-refractivity contribution in [3.05, 3.63) is 72.4 Å². The number of hydrogen-bond acceptors (Lipinski definition) is 9. The van der Waals surface area contributed by atoms with Crippen LogP contribution in [0.1, 0.15) is 5.56 Å². The minimum absolute atomic E-state index is 0.262. The maximum atomic E-state index is 14.0. The summed E-state index contributed by atoms with van der Waals surface area (Å²) in [6, 6.07) is 13.7. The molecule has 0 unspecified atom stereocenters. The molecule has 0 aliphatic heterocycles. The van der Waals surface area contributed by atoms with Crippen molar-refractivity contribution in [1.29, 1.82) is 0 Å². The molecule has 0 saturated carbocycles. The van der Waals surface area contributed by atoms with Crippen LogP contribution in [-0.4, -0.2) is 41.3 Å². The molecule has 4 aromatic rings. The molecule has 0 fully saturated rings. The van der Waals surface area contributed by atoms with Gasteiger partial charge in [0.15, 0.2) is 17.3 Å². The quantitative estimate of drug-likeness (QED) is 0.373. The molecule has 174 valence electrons. The van der Waals surface area contributed by atoms with Gasteiger partial charge in [0.1, 0.15) is 18.0 Å². The van der Waals surface area contributed by atoms with Crippen molar-refractivity contribution in [3.8, 4) is 28.6 Å². The van der Waals surface area contributed by atoms with Crippen LogP contribution in [0, 0.1) is 5.82 Å². The van der Waals surface area contributed by atoms with Crippen molar-refractivity contribution in [1.82, 2.24) is 19.9 Å². The van der Waals surface area contributed by atoms with E-state index in [4.69, 9.17) is 14.2 Å². The first-order chi connectivity index (χ1) is 16.6. The standard InChI is InChI=1S/C24H23FN6O3/c1-32-19-11-16(12-20(33-2)21(19)34-3)30-24-29-14-28-23(31-24)17-8-6-10-26-22(17)27-13-15-7-4-5-9-18(15)25/h4-12,14H,13H2,1-3H3,(H,26,27)(H,28,29,30,31). The second-order valence-electron chi connectivity index (χ2n) is 7.02. The maximum Gasteiger partial charge on any atom is 0.230 e. The number of pyridine rings is 1. The van der Waals surface area contributed by atoms with Crippen LogP contribution in [0.25, 0.3) is 11.4 Å². The highest BCUT2D eigenvalue weighted by Crippen LogP contribution is 2.40. The van der Waals surface area contributed by atoms with E-state index in [9.17, 15) is 4.39 Å². The summed E-state index contributed by atoms with van der Waals surface area (Å²) >= 11 is 0. The minimum Gasteiger partial charge on any atom is -0.493 e. The zero-order valence-corrected chi connectivity index (χ0v) is 18.9. The van der Waals surface area contributed by atoms with Crippen molar-refractivity contribution in [2.24, 2.45) is 0 Å². The summed E-state index contributed by atoms with van der Waals surface area (Å²) in [7, 11) is 4.62. The topological polar surface area (TPSA) is 103 Å². The highest BCUT2D eigenvalue weighted by atomic mass is 19.1. The molecule has 34 heavy (non-hydrogen) atoms. The molecule has 10 heteroatoms. The van der Waals surface area contributed by atoms with E-state index in [-0.39, 0.29) is 12.4 Å². The highest BCUT2D eigenvalue weighted by Gasteiger charge is 2.15. The lowest BCUT2D eigenvalue weighted by molar-refractivity contribution is 0.324. The normalized spacial score (nSPS) is 10.5. The Morgan fingerprint density at radius 2 is 1.65 bits per heavy atom. The van der Waals surface area contributed by atoms with Crippen molar-refractivity contribution in [2.75, 3.05) is 32.0 Å². The monoisotopic (exact) mass is 462 g/mol. The molecule has 0 saturated heterocycles. The third-order valence-corrected chi connectivity index (χ3v) is 4.95.